The summed E-state index contributed by atoms with van der Waals surface area (Å²) in [6.07, 6.45) is 1.58. The second kappa shape index (κ2) is 6.93. The van der Waals surface area contributed by atoms with E-state index < -0.39 is 0 Å². The van der Waals surface area contributed by atoms with E-state index in [-0.39, 0.29) is 19.1 Å². The predicted octanol–water partition coefficient (Wildman–Crippen LogP) is 1.51. The normalized spacial score (nSPS) is 9.76. The maximum atomic E-state index is 11.3. The molecule has 0 aromatic heterocycles. The fourth-order valence-electron chi connectivity index (χ4n) is 1.21. The average Bonchev–Trinajstić information content (AvgIpc) is 2.34. The predicted molar refractivity (Wildman–Crippen MR) is 66.1 cm³/mol. The Hall–Kier alpha value is -1.52. The molecule has 1 amide bonds. The Morgan fingerprint density at radius 3 is 3.00 bits per heavy atom. The molecule has 0 heterocycles. The summed E-state index contributed by atoms with van der Waals surface area (Å²) >= 11 is 5.91. The molecule has 1 rings (SSSR count). The number of para-hydroxylation sites is 1. The first-order valence-corrected chi connectivity index (χ1v) is 5.45. The van der Waals surface area contributed by atoms with Gasteiger partial charge in [0.15, 0.2) is 6.61 Å². The van der Waals surface area contributed by atoms with Gasteiger partial charge in [0.1, 0.15) is 5.75 Å². The molecule has 17 heavy (non-hydrogen) atoms. The number of nitrogens with one attached hydrogen (secondary N) is 1. The molecular formula is C12H14ClNO3. The van der Waals surface area contributed by atoms with Gasteiger partial charge < -0.3 is 15.2 Å². The van der Waals surface area contributed by atoms with Crippen LogP contribution in [0.15, 0.2) is 30.9 Å². The maximum absolute atomic E-state index is 11.3. The third-order valence-corrected chi connectivity index (χ3v) is 2.31. The third kappa shape index (κ3) is 4.09. The van der Waals surface area contributed by atoms with E-state index in [1.54, 1.807) is 24.3 Å². The van der Waals surface area contributed by atoms with Crippen molar-refractivity contribution >= 4 is 17.5 Å². The van der Waals surface area contributed by atoms with E-state index in [9.17, 15) is 4.79 Å². The summed E-state index contributed by atoms with van der Waals surface area (Å²) in [6, 6.07) is 5.03. The van der Waals surface area contributed by atoms with Gasteiger partial charge in [-0.05, 0) is 6.07 Å². The molecule has 0 aliphatic rings. The van der Waals surface area contributed by atoms with Crippen molar-refractivity contribution in [1.82, 2.24) is 5.32 Å². The van der Waals surface area contributed by atoms with E-state index in [4.69, 9.17) is 21.4 Å². The first-order valence-electron chi connectivity index (χ1n) is 5.07. The number of aliphatic hydroxyl groups excluding tert-OH is 1. The average molecular weight is 256 g/mol. The fraction of sp³-hybridized carbons (Fsp3) is 0.250. The highest BCUT2D eigenvalue weighted by Crippen LogP contribution is 2.28. The molecule has 0 fully saturated rings. The highest BCUT2D eigenvalue weighted by molar-refractivity contribution is 6.32. The van der Waals surface area contributed by atoms with E-state index in [0.29, 0.717) is 22.9 Å². The Labute approximate surface area is 105 Å². The Kier molecular flexibility index (Phi) is 5.52. The van der Waals surface area contributed by atoms with Crippen molar-refractivity contribution in [3.05, 3.63) is 41.4 Å². The van der Waals surface area contributed by atoms with Crippen LogP contribution < -0.4 is 10.1 Å². The molecule has 0 saturated carbocycles. The van der Waals surface area contributed by atoms with Gasteiger partial charge in [-0.25, -0.2) is 0 Å². The molecule has 0 radical (unpaired) electrons. The van der Waals surface area contributed by atoms with Crippen molar-refractivity contribution in [3.63, 3.8) is 0 Å². The molecule has 0 aliphatic carbocycles. The second-order valence-corrected chi connectivity index (χ2v) is 3.67. The van der Waals surface area contributed by atoms with E-state index in [1.165, 1.54) is 0 Å². The molecule has 4 nitrogen and oxygen atoms in total. The summed E-state index contributed by atoms with van der Waals surface area (Å²) in [4.78, 5) is 11.3. The number of amides is 1. The van der Waals surface area contributed by atoms with Crippen molar-refractivity contribution < 1.29 is 14.6 Å². The van der Waals surface area contributed by atoms with Gasteiger partial charge in [-0.1, -0.05) is 29.8 Å². The molecule has 0 unspecified atom stereocenters. The highest BCUT2D eigenvalue weighted by Gasteiger charge is 2.09. The minimum Gasteiger partial charge on any atom is -0.482 e. The molecule has 0 aliphatic heterocycles. The summed E-state index contributed by atoms with van der Waals surface area (Å²) in [5.74, 6) is 0.0686. The number of carbonyl (C=O) groups is 1. The summed E-state index contributed by atoms with van der Waals surface area (Å²) < 4.78 is 5.28. The van der Waals surface area contributed by atoms with Crippen molar-refractivity contribution in [1.29, 1.82) is 0 Å². The summed E-state index contributed by atoms with van der Waals surface area (Å²) in [5.41, 5.74) is 0.550. The van der Waals surface area contributed by atoms with Crippen molar-refractivity contribution in [2.24, 2.45) is 0 Å². The maximum Gasteiger partial charge on any atom is 0.258 e. The minimum atomic E-state index is -0.270. The zero-order chi connectivity index (χ0) is 12.7. The third-order valence-electron chi connectivity index (χ3n) is 2.01. The van der Waals surface area contributed by atoms with Gasteiger partial charge in [-0.15, -0.1) is 6.58 Å². The van der Waals surface area contributed by atoms with E-state index in [1.807, 2.05) is 0 Å². The lowest BCUT2D eigenvalue weighted by molar-refractivity contribution is -0.122. The Balaban J connectivity index is 2.62. The fourth-order valence-corrected chi connectivity index (χ4v) is 1.46. The van der Waals surface area contributed by atoms with Gasteiger partial charge in [-0.2, -0.15) is 0 Å². The number of ether oxygens (including phenoxy) is 1. The van der Waals surface area contributed by atoms with Crippen LogP contribution in [0.25, 0.3) is 0 Å². The van der Waals surface area contributed by atoms with Crippen molar-refractivity contribution in [3.8, 4) is 5.75 Å². The van der Waals surface area contributed by atoms with E-state index in [2.05, 4.69) is 11.9 Å². The van der Waals surface area contributed by atoms with Crippen molar-refractivity contribution in [2.75, 3.05) is 13.2 Å². The number of carbonyl (C=O) groups excluding carboxylic acids is 1. The standard InChI is InChI=1S/C12H14ClNO3/c1-2-6-14-11(16)8-17-12-9(7-15)4-3-5-10(12)13/h2-5,15H,1,6-8H2,(H,14,16). The molecule has 92 valence electrons. The minimum absolute atomic E-state index is 0.148. The van der Waals surface area contributed by atoms with E-state index >= 15 is 0 Å². The van der Waals surface area contributed by atoms with Crippen LogP contribution >= 0.6 is 11.6 Å². The van der Waals surface area contributed by atoms with Crippen molar-refractivity contribution in [2.45, 2.75) is 6.61 Å². The summed E-state index contributed by atoms with van der Waals surface area (Å²) in [7, 11) is 0. The quantitative estimate of drug-likeness (QED) is 0.758. The molecule has 0 bridgehead atoms. The van der Waals surface area contributed by atoms with Crippen LogP contribution in [0, 0.1) is 0 Å². The molecule has 5 heteroatoms. The lowest BCUT2D eigenvalue weighted by Crippen LogP contribution is -2.29. The summed E-state index contributed by atoms with van der Waals surface area (Å²) in [5, 5.41) is 12.0. The number of hydrogen-bond donors (Lipinski definition) is 2. The second-order valence-electron chi connectivity index (χ2n) is 3.27. The first kappa shape index (κ1) is 13.5. The zero-order valence-corrected chi connectivity index (χ0v) is 10.0. The number of benzene rings is 1. The molecule has 1 aromatic rings. The largest absolute Gasteiger partial charge is 0.482 e. The monoisotopic (exact) mass is 255 g/mol. The number of halogens is 1. The van der Waals surface area contributed by atoms with Crippen LogP contribution in [0.1, 0.15) is 5.56 Å². The van der Waals surface area contributed by atoms with Crippen LogP contribution in [0.3, 0.4) is 0 Å². The SMILES string of the molecule is C=CCNC(=O)COc1c(Cl)cccc1CO. The smallest absolute Gasteiger partial charge is 0.258 e. The van der Waals surface area contributed by atoms with E-state index in [0.717, 1.165) is 0 Å². The number of aliphatic hydroxyl groups is 1. The van der Waals surface area contributed by atoms with Gasteiger partial charge in [-0.3, -0.25) is 4.79 Å². The van der Waals surface area contributed by atoms with Gasteiger partial charge in [0.2, 0.25) is 0 Å². The van der Waals surface area contributed by atoms with Crippen LogP contribution in [0.5, 0.6) is 5.75 Å². The highest BCUT2D eigenvalue weighted by atomic mass is 35.5. The molecule has 1 aromatic carbocycles. The topological polar surface area (TPSA) is 58.6 Å². The summed E-state index contributed by atoms with van der Waals surface area (Å²) in [6.45, 7) is 3.53. The van der Waals surface area contributed by atoms with Crippen LogP contribution in [0.4, 0.5) is 0 Å². The van der Waals surface area contributed by atoms with Crippen LogP contribution in [-0.2, 0) is 11.4 Å². The number of hydrogen-bond acceptors (Lipinski definition) is 3. The van der Waals surface area contributed by atoms with Gasteiger partial charge in [0.05, 0.1) is 11.6 Å². The Bertz CT molecular complexity index is 407. The van der Waals surface area contributed by atoms with Crippen LogP contribution in [-0.4, -0.2) is 24.2 Å². The molecule has 2 N–H and O–H groups in total. The van der Waals surface area contributed by atoms with Gasteiger partial charge in [0, 0.05) is 12.1 Å². The Morgan fingerprint density at radius 1 is 1.59 bits per heavy atom. The molecule has 0 spiro atoms. The van der Waals surface area contributed by atoms with Gasteiger partial charge >= 0.3 is 0 Å². The Morgan fingerprint density at radius 2 is 2.35 bits per heavy atom. The zero-order valence-electron chi connectivity index (χ0n) is 9.28. The number of rotatable bonds is 6. The lowest BCUT2D eigenvalue weighted by Gasteiger charge is -2.11. The molecular weight excluding hydrogens is 242 g/mol. The first-order chi connectivity index (χ1) is 8.19. The molecule has 0 atom stereocenters. The van der Waals surface area contributed by atoms with Gasteiger partial charge in [0.25, 0.3) is 5.91 Å². The lowest BCUT2D eigenvalue weighted by atomic mass is 10.2. The molecule has 0 saturated heterocycles. The van der Waals surface area contributed by atoms with Crippen LogP contribution in [0.2, 0.25) is 5.02 Å².